The highest BCUT2D eigenvalue weighted by Crippen LogP contribution is 2.18. The van der Waals surface area contributed by atoms with E-state index < -0.39 is 10.0 Å². The van der Waals surface area contributed by atoms with Crippen LogP contribution < -0.4 is 0 Å². The molecule has 0 unspecified atom stereocenters. The topological polar surface area (TPSA) is 50.5 Å². The van der Waals surface area contributed by atoms with Gasteiger partial charge in [0.15, 0.2) is 0 Å². The van der Waals surface area contributed by atoms with E-state index in [2.05, 4.69) is 0 Å². The third-order valence-electron chi connectivity index (χ3n) is 2.71. The van der Waals surface area contributed by atoms with Gasteiger partial charge in [0.25, 0.3) is 0 Å². The fourth-order valence-electron chi connectivity index (χ4n) is 1.80. The molecule has 0 bridgehead atoms. The van der Waals surface area contributed by atoms with E-state index >= 15 is 0 Å². The molecule has 0 aliphatic rings. The summed E-state index contributed by atoms with van der Waals surface area (Å²) < 4.78 is 31.1. The molecule has 0 spiro atoms. The number of furan rings is 1. The van der Waals surface area contributed by atoms with Crippen LogP contribution in [0.15, 0.2) is 40.5 Å². The lowest BCUT2D eigenvalue weighted by atomic mass is 10.3. The molecule has 2 rings (SSSR count). The van der Waals surface area contributed by atoms with Crippen LogP contribution in [0.4, 0.5) is 0 Å². The van der Waals surface area contributed by atoms with Crippen molar-refractivity contribution in [2.24, 2.45) is 0 Å². The molecular weight excluding hydrogens is 282 g/mol. The van der Waals surface area contributed by atoms with Crippen LogP contribution >= 0.6 is 11.3 Å². The monoisotopic (exact) mass is 299 g/mol. The Morgan fingerprint density at radius 2 is 2.16 bits per heavy atom. The van der Waals surface area contributed by atoms with Crippen LogP contribution in [0.5, 0.6) is 0 Å². The molecule has 104 valence electrons. The molecule has 0 radical (unpaired) electrons. The maximum atomic E-state index is 12.3. The summed E-state index contributed by atoms with van der Waals surface area (Å²) >= 11 is 1.57. The van der Waals surface area contributed by atoms with Crippen molar-refractivity contribution in [2.75, 3.05) is 5.75 Å². The Hall–Kier alpha value is -1.11. The minimum absolute atomic E-state index is 0.177. The Morgan fingerprint density at radius 3 is 2.74 bits per heavy atom. The van der Waals surface area contributed by atoms with E-state index in [9.17, 15) is 8.42 Å². The SMILES string of the molecule is CCCS(=O)(=O)N(Cc1ccoc1)Cc1cccs1. The maximum absolute atomic E-state index is 12.3. The van der Waals surface area contributed by atoms with Crippen molar-refractivity contribution in [3.63, 3.8) is 0 Å². The van der Waals surface area contributed by atoms with Crippen LogP contribution in [-0.4, -0.2) is 18.5 Å². The van der Waals surface area contributed by atoms with E-state index in [4.69, 9.17) is 4.42 Å². The van der Waals surface area contributed by atoms with E-state index in [0.29, 0.717) is 19.5 Å². The maximum Gasteiger partial charge on any atom is 0.214 e. The standard InChI is InChI=1S/C13H17NO3S2/c1-2-8-19(15,16)14(9-12-5-6-17-11-12)10-13-4-3-7-18-13/h3-7,11H,2,8-10H2,1H3. The lowest BCUT2D eigenvalue weighted by molar-refractivity contribution is 0.401. The first-order valence-electron chi connectivity index (χ1n) is 6.13. The van der Waals surface area contributed by atoms with Crippen molar-refractivity contribution in [1.82, 2.24) is 4.31 Å². The summed E-state index contributed by atoms with van der Waals surface area (Å²) in [7, 11) is -3.23. The Kier molecular flexibility index (Phi) is 4.79. The summed E-state index contributed by atoms with van der Waals surface area (Å²) in [6, 6.07) is 5.68. The molecule has 0 fully saturated rings. The molecule has 0 amide bonds. The second kappa shape index (κ2) is 6.36. The van der Waals surface area contributed by atoms with Gasteiger partial charge in [0.1, 0.15) is 0 Å². The Bertz CT molecular complexity index is 537. The summed E-state index contributed by atoms with van der Waals surface area (Å²) in [6.45, 7) is 2.65. The van der Waals surface area contributed by atoms with Gasteiger partial charge in [-0.05, 0) is 23.9 Å². The Balaban J connectivity index is 2.17. The third-order valence-corrected chi connectivity index (χ3v) is 5.54. The van der Waals surface area contributed by atoms with Crippen LogP contribution in [0.3, 0.4) is 0 Å². The van der Waals surface area contributed by atoms with E-state index in [1.54, 1.807) is 29.9 Å². The molecule has 2 heterocycles. The average Bonchev–Trinajstić information content (AvgIpc) is 3.00. The van der Waals surface area contributed by atoms with Gasteiger partial charge in [0.05, 0.1) is 18.3 Å². The predicted octanol–water partition coefficient (Wildman–Crippen LogP) is 3.08. The number of thiophene rings is 1. The predicted molar refractivity (Wildman–Crippen MR) is 76.4 cm³/mol. The highest BCUT2D eigenvalue weighted by Gasteiger charge is 2.22. The van der Waals surface area contributed by atoms with Gasteiger partial charge in [-0.25, -0.2) is 8.42 Å². The van der Waals surface area contributed by atoms with E-state index in [-0.39, 0.29) is 5.75 Å². The molecular formula is C13H17NO3S2. The molecule has 0 N–H and O–H groups in total. The fourth-order valence-corrected chi connectivity index (χ4v) is 4.06. The van der Waals surface area contributed by atoms with Crippen LogP contribution in [0.2, 0.25) is 0 Å². The summed E-state index contributed by atoms with van der Waals surface area (Å²) in [6.07, 6.45) is 3.77. The highest BCUT2D eigenvalue weighted by atomic mass is 32.2. The molecule has 0 saturated heterocycles. The third kappa shape index (κ3) is 3.92. The van der Waals surface area contributed by atoms with Gasteiger partial charge >= 0.3 is 0 Å². The van der Waals surface area contributed by atoms with E-state index in [1.807, 2.05) is 24.4 Å². The second-order valence-electron chi connectivity index (χ2n) is 4.30. The highest BCUT2D eigenvalue weighted by molar-refractivity contribution is 7.89. The quantitative estimate of drug-likeness (QED) is 0.789. The first-order valence-corrected chi connectivity index (χ1v) is 8.62. The Labute approximate surface area is 117 Å². The van der Waals surface area contributed by atoms with Gasteiger partial charge in [-0.3, -0.25) is 0 Å². The Morgan fingerprint density at radius 1 is 1.32 bits per heavy atom. The molecule has 0 aliphatic heterocycles. The van der Waals surface area contributed by atoms with Crippen LogP contribution in [-0.2, 0) is 23.1 Å². The van der Waals surface area contributed by atoms with Crippen LogP contribution in [0.25, 0.3) is 0 Å². The summed E-state index contributed by atoms with van der Waals surface area (Å²) in [5, 5.41) is 1.96. The molecule has 0 atom stereocenters. The van der Waals surface area contributed by atoms with Gasteiger partial charge in [-0.2, -0.15) is 4.31 Å². The first kappa shape index (κ1) is 14.3. The van der Waals surface area contributed by atoms with Gasteiger partial charge in [0, 0.05) is 23.5 Å². The van der Waals surface area contributed by atoms with E-state index in [1.165, 1.54) is 4.31 Å². The number of hydrogen-bond donors (Lipinski definition) is 0. The number of hydrogen-bond acceptors (Lipinski definition) is 4. The van der Waals surface area contributed by atoms with Crippen LogP contribution in [0, 0.1) is 0 Å². The molecule has 4 nitrogen and oxygen atoms in total. The molecule has 0 aromatic carbocycles. The lowest BCUT2D eigenvalue weighted by Crippen LogP contribution is -2.31. The molecule has 2 aromatic heterocycles. The molecule has 19 heavy (non-hydrogen) atoms. The average molecular weight is 299 g/mol. The zero-order chi connectivity index (χ0) is 13.7. The lowest BCUT2D eigenvalue weighted by Gasteiger charge is -2.20. The van der Waals surface area contributed by atoms with Crippen molar-refractivity contribution >= 4 is 21.4 Å². The van der Waals surface area contributed by atoms with Crippen molar-refractivity contribution in [3.8, 4) is 0 Å². The van der Waals surface area contributed by atoms with Crippen LogP contribution in [0.1, 0.15) is 23.8 Å². The van der Waals surface area contributed by atoms with Gasteiger partial charge in [-0.15, -0.1) is 11.3 Å². The molecule has 6 heteroatoms. The first-order chi connectivity index (χ1) is 9.12. The number of sulfonamides is 1. The normalized spacial score (nSPS) is 12.1. The van der Waals surface area contributed by atoms with Crippen molar-refractivity contribution in [2.45, 2.75) is 26.4 Å². The summed E-state index contributed by atoms with van der Waals surface area (Å²) in [4.78, 5) is 1.04. The molecule has 2 aromatic rings. The fraction of sp³-hybridized carbons (Fsp3) is 0.385. The summed E-state index contributed by atoms with van der Waals surface area (Å²) in [5.74, 6) is 0.177. The largest absolute Gasteiger partial charge is 0.472 e. The number of rotatable bonds is 7. The minimum atomic E-state index is -3.23. The summed E-state index contributed by atoms with van der Waals surface area (Å²) in [5.41, 5.74) is 0.872. The van der Waals surface area contributed by atoms with Crippen molar-refractivity contribution in [1.29, 1.82) is 0 Å². The smallest absolute Gasteiger partial charge is 0.214 e. The van der Waals surface area contributed by atoms with E-state index in [0.717, 1.165) is 10.4 Å². The van der Waals surface area contributed by atoms with Gasteiger partial charge < -0.3 is 4.42 Å². The van der Waals surface area contributed by atoms with Gasteiger partial charge in [0.2, 0.25) is 10.0 Å². The molecule has 0 aliphatic carbocycles. The second-order valence-corrected chi connectivity index (χ2v) is 7.42. The zero-order valence-electron chi connectivity index (χ0n) is 10.8. The number of nitrogens with zero attached hydrogens (tertiary/aromatic N) is 1. The minimum Gasteiger partial charge on any atom is -0.472 e. The zero-order valence-corrected chi connectivity index (χ0v) is 12.4. The molecule has 0 saturated carbocycles. The van der Waals surface area contributed by atoms with Crippen molar-refractivity contribution in [3.05, 3.63) is 46.5 Å². The van der Waals surface area contributed by atoms with Crippen molar-refractivity contribution < 1.29 is 12.8 Å². The van der Waals surface area contributed by atoms with Gasteiger partial charge in [-0.1, -0.05) is 13.0 Å².